The third kappa shape index (κ3) is 4.03. The lowest BCUT2D eigenvalue weighted by atomic mass is 10.2. The number of anilines is 1. The van der Waals surface area contributed by atoms with Crippen LogP contribution < -0.4 is 19.1 Å². The van der Waals surface area contributed by atoms with Gasteiger partial charge in [-0.15, -0.1) is 0 Å². The van der Waals surface area contributed by atoms with E-state index in [1.807, 2.05) is 13.8 Å². The van der Waals surface area contributed by atoms with Crippen LogP contribution in [0.4, 0.5) is 5.69 Å². The van der Waals surface area contributed by atoms with Gasteiger partial charge in [0.25, 0.3) is 0 Å². The molecule has 0 bridgehead atoms. The molecule has 1 aliphatic rings. The van der Waals surface area contributed by atoms with Gasteiger partial charge in [0.15, 0.2) is 11.5 Å². The molecule has 0 fully saturated rings. The van der Waals surface area contributed by atoms with Gasteiger partial charge in [0.2, 0.25) is 22.7 Å². The van der Waals surface area contributed by atoms with Gasteiger partial charge in [-0.1, -0.05) is 13.8 Å². The number of rotatable bonds is 6. The topological polar surface area (TPSA) is 84.9 Å². The standard InChI is InChI=1S/C14H20N2O5S/c1-10(2)7-15-14(17)8-16(22(3,18)19)11-4-5-12-13(6-11)21-9-20-12/h4-6,10H,7-9H2,1-3H3,(H,15,17). The molecule has 0 aliphatic carbocycles. The summed E-state index contributed by atoms with van der Waals surface area (Å²) in [5, 5.41) is 2.71. The van der Waals surface area contributed by atoms with E-state index in [2.05, 4.69) is 5.32 Å². The van der Waals surface area contributed by atoms with Gasteiger partial charge in [-0.3, -0.25) is 9.10 Å². The SMILES string of the molecule is CC(C)CNC(=O)CN(c1ccc2c(c1)OCO2)S(C)(=O)=O. The lowest BCUT2D eigenvalue weighted by Crippen LogP contribution is -2.41. The van der Waals surface area contributed by atoms with Crippen LogP contribution in [0.25, 0.3) is 0 Å². The van der Waals surface area contributed by atoms with Crippen molar-refractivity contribution in [3.05, 3.63) is 18.2 Å². The van der Waals surface area contributed by atoms with E-state index < -0.39 is 10.0 Å². The number of nitrogens with one attached hydrogen (secondary N) is 1. The molecule has 1 heterocycles. The third-order valence-electron chi connectivity index (χ3n) is 3.04. The Morgan fingerprint density at radius 3 is 2.64 bits per heavy atom. The van der Waals surface area contributed by atoms with Gasteiger partial charge in [0.1, 0.15) is 6.54 Å². The molecule has 0 atom stereocenters. The number of fused-ring (bicyclic) bond motifs is 1. The van der Waals surface area contributed by atoms with E-state index in [0.717, 1.165) is 10.6 Å². The number of nitrogens with zero attached hydrogens (tertiary/aromatic N) is 1. The molecule has 1 amide bonds. The van der Waals surface area contributed by atoms with Crippen molar-refractivity contribution in [1.82, 2.24) is 5.32 Å². The van der Waals surface area contributed by atoms with Crippen LogP contribution in [-0.2, 0) is 14.8 Å². The van der Waals surface area contributed by atoms with Crippen LogP contribution in [-0.4, -0.2) is 40.5 Å². The summed E-state index contributed by atoms with van der Waals surface area (Å²) in [6.45, 7) is 4.26. The largest absolute Gasteiger partial charge is 0.454 e. The second-order valence-electron chi connectivity index (χ2n) is 5.51. The van der Waals surface area contributed by atoms with Crippen LogP contribution in [0.1, 0.15) is 13.8 Å². The van der Waals surface area contributed by atoms with Gasteiger partial charge in [-0.25, -0.2) is 8.42 Å². The Balaban J connectivity index is 2.18. The molecule has 1 aromatic carbocycles. The number of hydrogen-bond acceptors (Lipinski definition) is 5. The van der Waals surface area contributed by atoms with Crippen LogP contribution in [0.2, 0.25) is 0 Å². The number of carbonyl (C=O) groups is 1. The average molecular weight is 328 g/mol. The summed E-state index contributed by atoms with van der Waals surface area (Å²) in [5.41, 5.74) is 0.367. The molecular formula is C14H20N2O5S. The first-order valence-electron chi connectivity index (χ1n) is 6.91. The fourth-order valence-corrected chi connectivity index (χ4v) is 2.79. The molecule has 7 nitrogen and oxygen atoms in total. The summed E-state index contributed by atoms with van der Waals surface area (Å²) in [6.07, 6.45) is 1.06. The predicted octanol–water partition coefficient (Wildman–Crippen LogP) is 0.953. The van der Waals surface area contributed by atoms with Crippen LogP contribution in [0, 0.1) is 5.92 Å². The van der Waals surface area contributed by atoms with Gasteiger partial charge in [0.05, 0.1) is 11.9 Å². The first-order valence-corrected chi connectivity index (χ1v) is 8.76. The highest BCUT2D eigenvalue weighted by atomic mass is 32.2. The Hall–Kier alpha value is -1.96. The monoisotopic (exact) mass is 328 g/mol. The molecule has 0 spiro atoms. The van der Waals surface area contributed by atoms with Crippen molar-refractivity contribution < 1.29 is 22.7 Å². The van der Waals surface area contributed by atoms with E-state index in [-0.39, 0.29) is 19.2 Å². The molecule has 2 rings (SSSR count). The maximum Gasteiger partial charge on any atom is 0.240 e. The molecule has 0 saturated heterocycles. The van der Waals surface area contributed by atoms with Crippen LogP contribution in [0.5, 0.6) is 11.5 Å². The number of ether oxygens (including phenoxy) is 2. The van der Waals surface area contributed by atoms with E-state index in [1.54, 1.807) is 18.2 Å². The highest BCUT2D eigenvalue weighted by Crippen LogP contribution is 2.35. The Morgan fingerprint density at radius 2 is 2.00 bits per heavy atom. The van der Waals surface area contributed by atoms with Crippen LogP contribution in [0.3, 0.4) is 0 Å². The van der Waals surface area contributed by atoms with Gasteiger partial charge in [0, 0.05) is 12.6 Å². The third-order valence-corrected chi connectivity index (χ3v) is 4.18. The fourth-order valence-electron chi connectivity index (χ4n) is 1.94. The summed E-state index contributed by atoms with van der Waals surface area (Å²) in [5.74, 6) is 0.966. The molecule has 0 radical (unpaired) electrons. The Labute approximate surface area is 130 Å². The van der Waals surface area contributed by atoms with Gasteiger partial charge in [-0.2, -0.15) is 0 Å². The average Bonchev–Trinajstić information content (AvgIpc) is 2.88. The first-order chi connectivity index (χ1) is 10.3. The highest BCUT2D eigenvalue weighted by Gasteiger charge is 2.23. The Kier molecular flexibility index (Phi) is 4.80. The molecule has 0 unspecified atom stereocenters. The lowest BCUT2D eigenvalue weighted by molar-refractivity contribution is -0.119. The van der Waals surface area contributed by atoms with Crippen molar-refractivity contribution >= 4 is 21.6 Å². The van der Waals surface area contributed by atoms with E-state index in [9.17, 15) is 13.2 Å². The van der Waals surface area contributed by atoms with Gasteiger partial charge in [-0.05, 0) is 18.1 Å². The molecule has 1 aromatic rings. The van der Waals surface area contributed by atoms with Crippen LogP contribution in [0.15, 0.2) is 18.2 Å². The second kappa shape index (κ2) is 6.43. The molecular weight excluding hydrogens is 308 g/mol. The van der Waals surface area contributed by atoms with Crippen molar-refractivity contribution in [2.24, 2.45) is 5.92 Å². The molecule has 8 heteroatoms. The number of hydrogen-bond donors (Lipinski definition) is 1. The zero-order chi connectivity index (χ0) is 16.3. The molecule has 1 aliphatic heterocycles. The number of benzene rings is 1. The van der Waals surface area contributed by atoms with Crippen LogP contribution >= 0.6 is 0 Å². The van der Waals surface area contributed by atoms with Gasteiger partial charge >= 0.3 is 0 Å². The van der Waals surface area contributed by atoms with Gasteiger partial charge < -0.3 is 14.8 Å². The summed E-state index contributed by atoms with van der Waals surface area (Å²) >= 11 is 0. The summed E-state index contributed by atoms with van der Waals surface area (Å²) in [6, 6.07) is 4.77. The van der Waals surface area contributed by atoms with E-state index in [4.69, 9.17) is 9.47 Å². The summed E-state index contributed by atoms with van der Waals surface area (Å²) < 4.78 is 35.4. The minimum Gasteiger partial charge on any atom is -0.454 e. The smallest absolute Gasteiger partial charge is 0.240 e. The second-order valence-corrected chi connectivity index (χ2v) is 7.41. The minimum absolute atomic E-state index is 0.104. The van der Waals surface area contributed by atoms with Crippen molar-refractivity contribution in [1.29, 1.82) is 0 Å². The predicted molar refractivity (Wildman–Crippen MR) is 82.6 cm³/mol. The first kappa shape index (κ1) is 16.4. The van der Waals surface area contributed by atoms with E-state index in [0.29, 0.717) is 29.6 Å². The zero-order valence-corrected chi connectivity index (χ0v) is 13.6. The Bertz CT molecular complexity index is 657. The van der Waals surface area contributed by atoms with Crippen molar-refractivity contribution in [3.63, 3.8) is 0 Å². The Morgan fingerprint density at radius 1 is 1.32 bits per heavy atom. The maximum atomic E-state index is 12.0. The molecule has 0 saturated carbocycles. The maximum absolute atomic E-state index is 12.0. The summed E-state index contributed by atoms with van der Waals surface area (Å²) in [4.78, 5) is 11.9. The highest BCUT2D eigenvalue weighted by molar-refractivity contribution is 7.92. The normalized spacial score (nSPS) is 13.3. The molecule has 1 N–H and O–H groups in total. The van der Waals surface area contributed by atoms with Crippen molar-refractivity contribution in [2.45, 2.75) is 13.8 Å². The minimum atomic E-state index is -3.59. The molecule has 122 valence electrons. The van der Waals surface area contributed by atoms with Crippen molar-refractivity contribution in [3.8, 4) is 11.5 Å². The summed E-state index contributed by atoms with van der Waals surface area (Å²) in [7, 11) is -3.59. The quantitative estimate of drug-likeness (QED) is 0.840. The zero-order valence-electron chi connectivity index (χ0n) is 12.8. The number of sulfonamides is 1. The lowest BCUT2D eigenvalue weighted by Gasteiger charge is -2.22. The molecule has 22 heavy (non-hydrogen) atoms. The fraction of sp³-hybridized carbons (Fsp3) is 0.500. The molecule has 0 aromatic heterocycles. The van der Waals surface area contributed by atoms with E-state index in [1.165, 1.54) is 0 Å². The van der Waals surface area contributed by atoms with Crippen molar-refractivity contribution in [2.75, 3.05) is 30.4 Å². The van der Waals surface area contributed by atoms with E-state index >= 15 is 0 Å². The number of carbonyl (C=O) groups excluding carboxylic acids is 1. The number of amides is 1.